The van der Waals surface area contributed by atoms with Crippen molar-refractivity contribution in [2.45, 2.75) is 31.8 Å². The fourth-order valence-corrected chi connectivity index (χ4v) is 3.41. The second-order valence-corrected chi connectivity index (χ2v) is 7.10. The number of halogens is 1. The first kappa shape index (κ1) is 19.0. The van der Waals surface area contributed by atoms with Crippen molar-refractivity contribution in [2.24, 2.45) is 0 Å². The second-order valence-electron chi connectivity index (χ2n) is 6.12. The Morgan fingerprint density at radius 2 is 2.22 bits per heavy atom. The van der Waals surface area contributed by atoms with Crippen LogP contribution < -0.4 is 10.6 Å². The quantitative estimate of drug-likeness (QED) is 0.673. The minimum absolute atomic E-state index is 0.00105. The number of imide groups is 1. The van der Waals surface area contributed by atoms with E-state index < -0.39 is 23.8 Å². The van der Waals surface area contributed by atoms with Crippen LogP contribution in [0.4, 0.5) is 9.18 Å². The number of aromatic nitrogens is 1. The molecule has 1 aliphatic heterocycles. The van der Waals surface area contributed by atoms with Crippen LogP contribution in [0.15, 0.2) is 35.8 Å². The molecule has 7 nitrogen and oxygen atoms in total. The van der Waals surface area contributed by atoms with Gasteiger partial charge in [0.1, 0.15) is 11.9 Å². The topological polar surface area (TPSA) is 91.4 Å². The van der Waals surface area contributed by atoms with Gasteiger partial charge in [-0.15, -0.1) is 11.3 Å². The van der Waals surface area contributed by atoms with E-state index >= 15 is 0 Å². The number of rotatable bonds is 8. The predicted octanol–water partition coefficient (Wildman–Crippen LogP) is 1.84. The second kappa shape index (κ2) is 8.72. The van der Waals surface area contributed by atoms with E-state index in [4.69, 9.17) is 0 Å². The number of urea groups is 1. The van der Waals surface area contributed by atoms with Crippen molar-refractivity contribution in [3.8, 4) is 0 Å². The van der Waals surface area contributed by atoms with Gasteiger partial charge in [-0.05, 0) is 24.1 Å². The molecular formula is C18H19FN4O3S. The first-order chi connectivity index (χ1) is 13.0. The normalized spacial score (nSPS) is 16.5. The van der Waals surface area contributed by atoms with Gasteiger partial charge in [-0.25, -0.2) is 14.2 Å². The van der Waals surface area contributed by atoms with E-state index in [0.29, 0.717) is 18.5 Å². The van der Waals surface area contributed by atoms with Crippen molar-refractivity contribution in [1.82, 2.24) is 20.5 Å². The van der Waals surface area contributed by atoms with E-state index in [9.17, 15) is 18.8 Å². The number of hydrogen-bond acceptors (Lipinski definition) is 5. The molecule has 1 aromatic carbocycles. The third-order valence-electron chi connectivity index (χ3n) is 4.14. The van der Waals surface area contributed by atoms with Crippen LogP contribution in [0.5, 0.6) is 0 Å². The van der Waals surface area contributed by atoms with Crippen LogP contribution in [0.25, 0.3) is 0 Å². The molecule has 1 atom stereocenters. The van der Waals surface area contributed by atoms with E-state index in [2.05, 4.69) is 15.6 Å². The molecule has 9 heteroatoms. The van der Waals surface area contributed by atoms with E-state index in [1.165, 1.54) is 29.5 Å². The SMILES string of the molecule is O=C(CC[C@@H]1NC(=O)N(Cc2cccc(F)c2)C1=O)NCCc1nccs1. The lowest BCUT2D eigenvalue weighted by Gasteiger charge is -2.13. The summed E-state index contributed by atoms with van der Waals surface area (Å²) < 4.78 is 13.3. The maximum Gasteiger partial charge on any atom is 0.325 e. The van der Waals surface area contributed by atoms with Crippen molar-refractivity contribution in [2.75, 3.05) is 6.54 Å². The summed E-state index contributed by atoms with van der Waals surface area (Å²) in [6.45, 7) is 0.474. The molecule has 1 aromatic heterocycles. The Balaban J connectivity index is 1.44. The molecule has 0 saturated carbocycles. The molecule has 2 aromatic rings. The predicted molar refractivity (Wildman–Crippen MR) is 97.3 cm³/mol. The number of carbonyl (C=O) groups is 3. The average Bonchev–Trinajstić information content (AvgIpc) is 3.24. The lowest BCUT2D eigenvalue weighted by atomic mass is 10.1. The highest BCUT2D eigenvalue weighted by atomic mass is 32.1. The zero-order valence-corrected chi connectivity index (χ0v) is 15.3. The first-order valence-corrected chi connectivity index (χ1v) is 9.42. The highest BCUT2D eigenvalue weighted by molar-refractivity contribution is 7.09. The van der Waals surface area contributed by atoms with E-state index in [1.807, 2.05) is 5.38 Å². The largest absolute Gasteiger partial charge is 0.356 e. The van der Waals surface area contributed by atoms with Crippen LogP contribution in [0.3, 0.4) is 0 Å². The smallest absolute Gasteiger partial charge is 0.325 e. The molecule has 27 heavy (non-hydrogen) atoms. The number of nitrogens with zero attached hydrogens (tertiary/aromatic N) is 2. The van der Waals surface area contributed by atoms with Gasteiger partial charge in [0.05, 0.1) is 11.6 Å². The summed E-state index contributed by atoms with van der Waals surface area (Å²) in [6, 6.07) is 4.48. The lowest BCUT2D eigenvalue weighted by molar-refractivity contribution is -0.128. The molecule has 0 aliphatic carbocycles. The Morgan fingerprint density at radius 3 is 2.96 bits per heavy atom. The molecule has 4 amide bonds. The van der Waals surface area contributed by atoms with Crippen LogP contribution in [0.2, 0.25) is 0 Å². The van der Waals surface area contributed by atoms with Gasteiger partial charge in [0.15, 0.2) is 0 Å². The van der Waals surface area contributed by atoms with Gasteiger partial charge in [0, 0.05) is 31.0 Å². The zero-order chi connectivity index (χ0) is 19.2. The molecule has 142 valence electrons. The lowest BCUT2D eigenvalue weighted by Crippen LogP contribution is -2.33. The molecule has 1 fully saturated rings. The van der Waals surface area contributed by atoms with Gasteiger partial charge >= 0.3 is 6.03 Å². The fourth-order valence-electron chi connectivity index (χ4n) is 2.79. The fraction of sp³-hybridized carbons (Fsp3) is 0.333. The minimum atomic E-state index is -0.740. The minimum Gasteiger partial charge on any atom is -0.356 e. The number of carbonyl (C=O) groups excluding carboxylic acids is 3. The maximum absolute atomic E-state index is 13.3. The Hall–Kier alpha value is -2.81. The van der Waals surface area contributed by atoms with Crippen LogP contribution in [-0.2, 0) is 22.6 Å². The van der Waals surface area contributed by atoms with Crippen molar-refractivity contribution < 1.29 is 18.8 Å². The summed E-state index contributed by atoms with van der Waals surface area (Å²) in [5, 5.41) is 8.18. The molecular weight excluding hydrogens is 371 g/mol. The van der Waals surface area contributed by atoms with E-state index in [1.54, 1.807) is 12.3 Å². The Bertz CT molecular complexity index is 828. The molecule has 0 spiro atoms. The third kappa shape index (κ3) is 5.10. The summed E-state index contributed by atoms with van der Waals surface area (Å²) >= 11 is 1.53. The van der Waals surface area contributed by atoms with Gasteiger partial charge in [-0.2, -0.15) is 0 Å². The monoisotopic (exact) mass is 390 g/mol. The maximum atomic E-state index is 13.3. The Morgan fingerprint density at radius 1 is 1.37 bits per heavy atom. The van der Waals surface area contributed by atoms with Gasteiger partial charge < -0.3 is 10.6 Å². The molecule has 0 unspecified atom stereocenters. The van der Waals surface area contributed by atoms with Crippen molar-refractivity contribution in [3.05, 3.63) is 52.2 Å². The van der Waals surface area contributed by atoms with E-state index in [-0.39, 0.29) is 25.3 Å². The van der Waals surface area contributed by atoms with Crippen molar-refractivity contribution >= 4 is 29.2 Å². The van der Waals surface area contributed by atoms with Gasteiger partial charge in [0.2, 0.25) is 5.91 Å². The molecule has 2 heterocycles. The molecule has 1 saturated heterocycles. The number of thiazole rings is 1. The summed E-state index contributed by atoms with van der Waals surface area (Å²) in [5.41, 5.74) is 0.527. The van der Waals surface area contributed by atoms with E-state index in [0.717, 1.165) is 9.91 Å². The number of hydrogen-bond donors (Lipinski definition) is 2. The summed E-state index contributed by atoms with van der Waals surface area (Å²) in [4.78, 5) is 41.5. The Kier molecular flexibility index (Phi) is 6.12. The highest BCUT2D eigenvalue weighted by Gasteiger charge is 2.37. The standard InChI is InChI=1S/C18H19FN4O3S/c19-13-3-1-2-12(10-13)11-23-17(25)14(22-18(23)26)4-5-15(24)20-7-6-16-21-8-9-27-16/h1-3,8-10,14H,4-7,11H2,(H,20,24)(H,22,26)/t14-/m0/s1. The summed E-state index contributed by atoms with van der Waals surface area (Å²) in [5.74, 6) is -1.01. The van der Waals surface area contributed by atoms with Crippen molar-refractivity contribution in [1.29, 1.82) is 0 Å². The molecule has 0 bridgehead atoms. The van der Waals surface area contributed by atoms with Crippen LogP contribution in [0.1, 0.15) is 23.4 Å². The third-order valence-corrected chi connectivity index (χ3v) is 4.98. The molecule has 2 N–H and O–H groups in total. The van der Waals surface area contributed by atoms with Crippen LogP contribution >= 0.6 is 11.3 Å². The molecule has 3 rings (SSSR count). The summed E-state index contributed by atoms with van der Waals surface area (Å²) in [6.07, 6.45) is 2.71. The zero-order valence-electron chi connectivity index (χ0n) is 14.5. The number of benzene rings is 1. The van der Waals surface area contributed by atoms with Gasteiger partial charge in [-0.1, -0.05) is 12.1 Å². The van der Waals surface area contributed by atoms with Crippen molar-refractivity contribution in [3.63, 3.8) is 0 Å². The molecule has 0 radical (unpaired) electrons. The van der Waals surface area contributed by atoms with Crippen LogP contribution in [0, 0.1) is 5.82 Å². The highest BCUT2D eigenvalue weighted by Crippen LogP contribution is 2.15. The van der Waals surface area contributed by atoms with Gasteiger partial charge in [-0.3, -0.25) is 14.5 Å². The number of nitrogens with one attached hydrogen (secondary N) is 2. The van der Waals surface area contributed by atoms with Gasteiger partial charge in [0.25, 0.3) is 5.91 Å². The van der Waals surface area contributed by atoms with Crippen LogP contribution in [-0.4, -0.2) is 40.3 Å². The first-order valence-electron chi connectivity index (χ1n) is 8.54. The Labute approximate surface area is 159 Å². The molecule has 1 aliphatic rings. The number of amides is 4. The average molecular weight is 390 g/mol. The summed E-state index contributed by atoms with van der Waals surface area (Å²) in [7, 11) is 0.